The van der Waals surface area contributed by atoms with Crippen LogP contribution in [0.5, 0.6) is 5.75 Å². The van der Waals surface area contributed by atoms with Crippen molar-refractivity contribution in [2.75, 3.05) is 13.2 Å². The van der Waals surface area contributed by atoms with Gasteiger partial charge in [-0.2, -0.15) is 0 Å². The van der Waals surface area contributed by atoms with Crippen LogP contribution in [-0.2, 0) is 0 Å². The minimum Gasteiger partial charge on any atom is -1.00 e. The van der Waals surface area contributed by atoms with Crippen LogP contribution in [0.3, 0.4) is 0 Å². The summed E-state index contributed by atoms with van der Waals surface area (Å²) in [5, 5.41) is 7.76. The summed E-state index contributed by atoms with van der Waals surface area (Å²) in [4.78, 5) is 0. The molecule has 0 saturated carbocycles. The minimum atomic E-state index is -0.568. The molecule has 2 rings (SSSR count). The molecular weight excluding hydrogens is 488 g/mol. The van der Waals surface area contributed by atoms with E-state index < -0.39 is 11.6 Å². The molecule has 8 heteroatoms. The summed E-state index contributed by atoms with van der Waals surface area (Å²) in [5.41, 5.74) is 0. The van der Waals surface area contributed by atoms with Crippen molar-refractivity contribution in [3.8, 4) is 5.75 Å². The summed E-state index contributed by atoms with van der Waals surface area (Å²) in [7, 11) is 0. The average Bonchev–Trinajstić information content (AvgIpc) is 2.51. The van der Waals surface area contributed by atoms with Crippen molar-refractivity contribution in [2.24, 2.45) is 0 Å². The van der Waals surface area contributed by atoms with Gasteiger partial charge in [-0.3, -0.25) is 0 Å². The minimum absolute atomic E-state index is 0. The van der Waals surface area contributed by atoms with E-state index in [9.17, 15) is 13.2 Å². The van der Waals surface area contributed by atoms with E-state index in [0.717, 1.165) is 6.07 Å². The number of rotatable bonds is 4. The Labute approximate surface area is 191 Å². The van der Waals surface area contributed by atoms with Gasteiger partial charge in [0, 0.05) is 21.1 Å². The Hall–Kier alpha value is -0.570. The first-order chi connectivity index (χ1) is 11.8. The van der Waals surface area contributed by atoms with E-state index in [1.54, 1.807) is 12.1 Å². The Balaban J connectivity index is -0.000000343. The van der Waals surface area contributed by atoms with Crippen LogP contribution in [0.25, 0.3) is 0 Å². The molecular formula is C18H18Br2F3NaO2. The van der Waals surface area contributed by atoms with Crippen molar-refractivity contribution in [1.29, 1.82) is 0 Å². The monoisotopic (exact) mass is 504 g/mol. The maximum absolute atomic E-state index is 12.7. The molecule has 0 heterocycles. The van der Waals surface area contributed by atoms with Crippen LogP contribution >= 0.6 is 31.9 Å². The van der Waals surface area contributed by atoms with E-state index in [0.29, 0.717) is 21.3 Å². The van der Waals surface area contributed by atoms with Gasteiger partial charge in [0.2, 0.25) is 0 Å². The van der Waals surface area contributed by atoms with Crippen molar-refractivity contribution in [3.63, 3.8) is 0 Å². The van der Waals surface area contributed by atoms with Crippen molar-refractivity contribution >= 4 is 31.9 Å². The van der Waals surface area contributed by atoms with Crippen LogP contribution in [0.4, 0.5) is 13.2 Å². The first-order valence-electron chi connectivity index (χ1n) is 6.85. The topological polar surface area (TPSA) is 29.5 Å². The number of aliphatic hydroxyl groups is 1. The summed E-state index contributed by atoms with van der Waals surface area (Å²) < 4.78 is 43.2. The first kappa shape index (κ1) is 27.6. The van der Waals surface area contributed by atoms with E-state index in [4.69, 9.17) is 9.84 Å². The average molecular weight is 506 g/mol. The molecule has 0 aliphatic carbocycles. The molecule has 0 spiro atoms. The Bertz CT molecular complexity index is 621. The van der Waals surface area contributed by atoms with Crippen molar-refractivity contribution < 1.29 is 54.0 Å². The van der Waals surface area contributed by atoms with Crippen LogP contribution in [0.2, 0.25) is 0 Å². The Morgan fingerprint density at radius 1 is 0.885 bits per heavy atom. The molecule has 26 heavy (non-hydrogen) atoms. The second-order valence-corrected chi connectivity index (χ2v) is 6.10. The Morgan fingerprint density at radius 3 is 1.65 bits per heavy atom. The van der Waals surface area contributed by atoms with Crippen LogP contribution in [0.15, 0.2) is 70.7 Å². The van der Waals surface area contributed by atoms with Gasteiger partial charge >= 0.3 is 29.6 Å². The molecule has 0 aliphatic rings. The molecule has 0 saturated heterocycles. The van der Waals surface area contributed by atoms with Gasteiger partial charge in [0.05, 0.1) is 6.61 Å². The van der Waals surface area contributed by atoms with E-state index in [1.165, 1.54) is 30.3 Å². The molecule has 2 aromatic carbocycles. The maximum atomic E-state index is 12.7. The fourth-order valence-corrected chi connectivity index (χ4v) is 2.17. The summed E-state index contributed by atoms with van der Waals surface area (Å²) in [5.74, 6) is -0.950. The van der Waals surface area contributed by atoms with Crippen LogP contribution in [0.1, 0.15) is 1.43 Å². The maximum Gasteiger partial charge on any atom is 1.00 e. The predicted molar refractivity (Wildman–Crippen MR) is 102 cm³/mol. The van der Waals surface area contributed by atoms with Gasteiger partial charge in [-0.25, -0.2) is 13.2 Å². The molecule has 138 valence electrons. The van der Waals surface area contributed by atoms with Gasteiger partial charge in [0.1, 0.15) is 29.8 Å². The quantitative estimate of drug-likeness (QED) is 0.511. The van der Waals surface area contributed by atoms with Gasteiger partial charge in [0.15, 0.2) is 0 Å². The number of halogens is 5. The smallest absolute Gasteiger partial charge is 1.00 e. The zero-order chi connectivity index (χ0) is 19.2. The second kappa shape index (κ2) is 16.6. The molecule has 0 aliphatic heterocycles. The number of benzene rings is 2. The molecule has 0 amide bonds. The zero-order valence-corrected chi connectivity index (χ0v) is 19.4. The van der Waals surface area contributed by atoms with Gasteiger partial charge in [-0.15, -0.1) is 6.58 Å². The summed E-state index contributed by atoms with van der Waals surface area (Å²) in [6.07, 6.45) is 3.04. The molecule has 1 N–H and O–H groups in total. The fourth-order valence-electron chi connectivity index (χ4n) is 1.29. The molecule has 0 unspecified atom stereocenters. The summed E-state index contributed by atoms with van der Waals surface area (Å²) in [6.45, 7) is 7.19. The van der Waals surface area contributed by atoms with Crippen molar-refractivity contribution in [2.45, 2.75) is 0 Å². The summed E-state index contributed by atoms with van der Waals surface area (Å²) >= 11 is 6.09. The second-order valence-electron chi connectivity index (χ2n) is 4.26. The molecule has 0 aromatic heterocycles. The molecule has 0 fully saturated rings. The van der Waals surface area contributed by atoms with Crippen LogP contribution in [-0.4, -0.2) is 18.3 Å². The van der Waals surface area contributed by atoms with E-state index in [2.05, 4.69) is 45.0 Å². The predicted octanol–water partition coefficient (Wildman–Crippen LogP) is 3.16. The molecule has 0 atom stereocenters. The van der Waals surface area contributed by atoms with E-state index in [-0.39, 0.29) is 43.4 Å². The third kappa shape index (κ3) is 14.6. The van der Waals surface area contributed by atoms with E-state index >= 15 is 0 Å². The Morgan fingerprint density at radius 2 is 1.31 bits per heavy atom. The zero-order valence-electron chi connectivity index (χ0n) is 15.2. The van der Waals surface area contributed by atoms with Crippen molar-refractivity contribution in [1.82, 2.24) is 0 Å². The molecule has 0 bridgehead atoms. The Kier molecular flexibility index (Phi) is 17.6. The molecule has 2 aromatic rings. The van der Waals surface area contributed by atoms with Crippen LogP contribution in [0, 0.1) is 17.5 Å². The van der Waals surface area contributed by atoms with Crippen LogP contribution < -0.4 is 34.3 Å². The largest absolute Gasteiger partial charge is 1.00 e. The van der Waals surface area contributed by atoms with Crippen molar-refractivity contribution in [3.05, 3.63) is 88.1 Å². The molecule has 0 radical (unpaired) electrons. The van der Waals surface area contributed by atoms with Gasteiger partial charge in [0.25, 0.3) is 0 Å². The van der Waals surface area contributed by atoms with E-state index in [1.807, 2.05) is 0 Å². The fraction of sp³-hybridized carbons (Fsp3) is 0.111. The number of ether oxygens (including phenoxy) is 1. The normalized spacial score (nSPS) is 8.69. The molecule has 2 nitrogen and oxygen atoms in total. The number of aliphatic hydroxyl groups excluding tert-OH is 1. The summed E-state index contributed by atoms with van der Waals surface area (Å²) in [6, 6.07) is 7.62. The number of hydrogen-bond acceptors (Lipinski definition) is 2. The standard InChI is InChI=1S/C9H8BrFO.C6H3BrF2.C3H6O.Na.H/c1-2-3-12-9-5-7(10)4-8(11)6-9;7-4-1-5(8)3-6(9)2-4;1-2-3-4;;/h2,4-6H,1,3H2;1-3H;2,4H,1,3H2;;/q;;;+1;-1. The van der Waals surface area contributed by atoms with Gasteiger partial charge in [-0.1, -0.05) is 50.6 Å². The number of hydrogen-bond donors (Lipinski definition) is 1. The third-order valence-electron chi connectivity index (χ3n) is 2.16. The third-order valence-corrected chi connectivity index (χ3v) is 3.08. The first-order valence-corrected chi connectivity index (χ1v) is 8.44. The van der Waals surface area contributed by atoms with Gasteiger partial charge in [-0.05, 0) is 24.3 Å². The van der Waals surface area contributed by atoms with Gasteiger partial charge < -0.3 is 11.3 Å². The SMILES string of the molecule is C=CCO.C=CCOc1cc(F)cc(Br)c1.Fc1cc(F)cc(Br)c1.[H-].[Na+].